The summed E-state index contributed by atoms with van der Waals surface area (Å²) in [4.78, 5) is 4.31. The van der Waals surface area contributed by atoms with E-state index in [1.54, 1.807) is 12.1 Å². The molecule has 0 saturated heterocycles. The van der Waals surface area contributed by atoms with Crippen LogP contribution < -0.4 is 5.32 Å². The molecular weight excluding hydrogens is 240 g/mol. The first-order valence-corrected chi connectivity index (χ1v) is 7.00. The molecule has 0 radical (unpaired) electrons. The lowest BCUT2D eigenvalue weighted by Crippen LogP contribution is -2.25. The van der Waals surface area contributed by atoms with Gasteiger partial charge in [0.25, 0.3) is 0 Å². The number of hydrogen-bond donors (Lipinski definition) is 3. The average Bonchev–Trinajstić information content (AvgIpc) is 2.33. The number of aliphatic hydroxyl groups is 1. The Kier molecular flexibility index (Phi) is 6.81. The summed E-state index contributed by atoms with van der Waals surface area (Å²) in [6.07, 6.45) is 1.92. The van der Waals surface area contributed by atoms with Crippen LogP contribution in [-0.2, 0) is 6.54 Å². The van der Waals surface area contributed by atoms with Crippen LogP contribution >= 0.6 is 0 Å². The molecule has 1 aromatic rings. The lowest BCUT2D eigenvalue weighted by atomic mass is 9.94. The van der Waals surface area contributed by atoms with Crippen LogP contribution in [0.15, 0.2) is 12.1 Å². The van der Waals surface area contributed by atoms with Gasteiger partial charge in [0.1, 0.15) is 5.75 Å². The average molecular weight is 266 g/mol. The summed E-state index contributed by atoms with van der Waals surface area (Å²) >= 11 is 0. The van der Waals surface area contributed by atoms with Crippen LogP contribution in [0.3, 0.4) is 0 Å². The minimum Gasteiger partial charge on any atom is -0.506 e. The van der Waals surface area contributed by atoms with E-state index in [0.29, 0.717) is 24.1 Å². The van der Waals surface area contributed by atoms with Gasteiger partial charge in [0.05, 0.1) is 5.69 Å². The fourth-order valence-electron chi connectivity index (χ4n) is 2.28. The summed E-state index contributed by atoms with van der Waals surface area (Å²) in [5.41, 5.74) is 1.59. The standard InChI is InChI=1S/C15H26N2O2/c1-11(2)8-13(6-7-18)9-16-10-14-15(19)5-4-12(3)17-14/h4-5,11,13,16,18-19H,6-10H2,1-3H3. The molecular formula is C15H26N2O2. The highest BCUT2D eigenvalue weighted by atomic mass is 16.3. The predicted molar refractivity (Wildman–Crippen MR) is 77.0 cm³/mol. The van der Waals surface area contributed by atoms with E-state index in [1.807, 2.05) is 6.92 Å². The van der Waals surface area contributed by atoms with E-state index in [2.05, 4.69) is 24.1 Å². The van der Waals surface area contributed by atoms with Crippen LogP contribution in [0, 0.1) is 18.8 Å². The minimum atomic E-state index is 0.229. The smallest absolute Gasteiger partial charge is 0.138 e. The van der Waals surface area contributed by atoms with Gasteiger partial charge in [-0.05, 0) is 50.3 Å². The van der Waals surface area contributed by atoms with Crippen molar-refractivity contribution in [2.75, 3.05) is 13.2 Å². The number of hydrogen-bond acceptors (Lipinski definition) is 4. The summed E-state index contributed by atoms with van der Waals surface area (Å²) in [5, 5.41) is 22.1. The van der Waals surface area contributed by atoms with E-state index < -0.39 is 0 Å². The molecule has 4 heteroatoms. The van der Waals surface area contributed by atoms with E-state index in [1.165, 1.54) is 0 Å². The minimum absolute atomic E-state index is 0.229. The predicted octanol–water partition coefficient (Wildman–Crippen LogP) is 2.23. The largest absolute Gasteiger partial charge is 0.506 e. The molecule has 0 bridgehead atoms. The van der Waals surface area contributed by atoms with Crippen LogP contribution in [0.2, 0.25) is 0 Å². The fourth-order valence-corrected chi connectivity index (χ4v) is 2.28. The molecule has 0 saturated carbocycles. The second-order valence-corrected chi connectivity index (χ2v) is 5.56. The van der Waals surface area contributed by atoms with Crippen LogP contribution in [0.25, 0.3) is 0 Å². The van der Waals surface area contributed by atoms with Gasteiger partial charge in [-0.25, -0.2) is 0 Å². The fraction of sp³-hybridized carbons (Fsp3) is 0.667. The number of pyridine rings is 1. The Balaban J connectivity index is 2.44. The van der Waals surface area contributed by atoms with Crippen molar-refractivity contribution in [3.05, 3.63) is 23.5 Å². The van der Waals surface area contributed by atoms with Crippen molar-refractivity contribution in [1.29, 1.82) is 0 Å². The number of rotatable bonds is 8. The zero-order chi connectivity index (χ0) is 14.3. The second-order valence-electron chi connectivity index (χ2n) is 5.56. The summed E-state index contributed by atoms with van der Waals surface area (Å²) < 4.78 is 0. The van der Waals surface area contributed by atoms with Crippen molar-refractivity contribution in [3.8, 4) is 5.75 Å². The first kappa shape index (κ1) is 15.9. The molecule has 0 aliphatic carbocycles. The van der Waals surface area contributed by atoms with E-state index in [9.17, 15) is 5.11 Å². The van der Waals surface area contributed by atoms with Crippen molar-refractivity contribution in [2.24, 2.45) is 11.8 Å². The number of aromatic hydroxyl groups is 1. The first-order valence-electron chi connectivity index (χ1n) is 7.00. The van der Waals surface area contributed by atoms with Gasteiger partial charge in [-0.1, -0.05) is 13.8 Å². The molecule has 0 fully saturated rings. The topological polar surface area (TPSA) is 65.4 Å². The molecule has 0 aliphatic heterocycles. The number of aromatic nitrogens is 1. The van der Waals surface area contributed by atoms with Crippen molar-refractivity contribution in [1.82, 2.24) is 10.3 Å². The van der Waals surface area contributed by atoms with Gasteiger partial charge in [0.2, 0.25) is 0 Å². The summed E-state index contributed by atoms with van der Waals surface area (Å²) in [6, 6.07) is 3.48. The maximum atomic E-state index is 9.71. The zero-order valence-electron chi connectivity index (χ0n) is 12.2. The highest BCUT2D eigenvalue weighted by molar-refractivity contribution is 5.27. The SMILES string of the molecule is Cc1ccc(O)c(CNCC(CCO)CC(C)C)n1. The van der Waals surface area contributed by atoms with Gasteiger partial charge in [0, 0.05) is 18.8 Å². The molecule has 0 amide bonds. The van der Waals surface area contributed by atoms with Crippen LogP contribution in [-0.4, -0.2) is 28.3 Å². The molecule has 0 spiro atoms. The van der Waals surface area contributed by atoms with Crippen LogP contribution in [0.4, 0.5) is 0 Å². The van der Waals surface area contributed by atoms with Crippen molar-refractivity contribution < 1.29 is 10.2 Å². The van der Waals surface area contributed by atoms with E-state index in [-0.39, 0.29) is 12.4 Å². The number of aryl methyl sites for hydroxylation is 1. The highest BCUT2D eigenvalue weighted by Crippen LogP contribution is 2.16. The Labute approximate surface area is 115 Å². The number of nitrogens with zero attached hydrogens (tertiary/aromatic N) is 1. The molecule has 1 aromatic heterocycles. The first-order chi connectivity index (χ1) is 9.02. The molecule has 0 aromatic carbocycles. The third kappa shape index (κ3) is 6.03. The Hall–Kier alpha value is -1.13. The van der Waals surface area contributed by atoms with Gasteiger partial charge in [-0.3, -0.25) is 4.98 Å². The normalized spacial score (nSPS) is 12.9. The zero-order valence-corrected chi connectivity index (χ0v) is 12.2. The second kappa shape index (κ2) is 8.12. The molecule has 108 valence electrons. The lowest BCUT2D eigenvalue weighted by molar-refractivity contribution is 0.239. The van der Waals surface area contributed by atoms with Crippen molar-refractivity contribution in [2.45, 2.75) is 40.2 Å². The Morgan fingerprint density at radius 1 is 1.32 bits per heavy atom. The van der Waals surface area contributed by atoms with E-state index in [0.717, 1.165) is 25.1 Å². The van der Waals surface area contributed by atoms with Crippen LogP contribution in [0.1, 0.15) is 38.1 Å². The molecule has 1 rings (SSSR count). The lowest BCUT2D eigenvalue weighted by Gasteiger charge is -2.18. The summed E-state index contributed by atoms with van der Waals surface area (Å²) in [5.74, 6) is 1.33. The number of aliphatic hydroxyl groups excluding tert-OH is 1. The van der Waals surface area contributed by atoms with Gasteiger partial charge in [-0.15, -0.1) is 0 Å². The number of nitrogens with one attached hydrogen (secondary N) is 1. The Bertz CT molecular complexity index is 380. The molecule has 0 aliphatic rings. The molecule has 1 unspecified atom stereocenters. The monoisotopic (exact) mass is 266 g/mol. The van der Waals surface area contributed by atoms with Crippen molar-refractivity contribution in [3.63, 3.8) is 0 Å². The van der Waals surface area contributed by atoms with Crippen LogP contribution in [0.5, 0.6) is 5.75 Å². The molecule has 1 atom stereocenters. The molecule has 3 N–H and O–H groups in total. The third-order valence-corrected chi connectivity index (χ3v) is 3.16. The van der Waals surface area contributed by atoms with Gasteiger partial charge in [-0.2, -0.15) is 0 Å². The van der Waals surface area contributed by atoms with Gasteiger partial charge in [0.15, 0.2) is 0 Å². The third-order valence-electron chi connectivity index (χ3n) is 3.16. The summed E-state index contributed by atoms with van der Waals surface area (Å²) in [7, 11) is 0. The van der Waals surface area contributed by atoms with Crippen molar-refractivity contribution >= 4 is 0 Å². The van der Waals surface area contributed by atoms with Gasteiger partial charge >= 0.3 is 0 Å². The molecule has 19 heavy (non-hydrogen) atoms. The molecule has 4 nitrogen and oxygen atoms in total. The highest BCUT2D eigenvalue weighted by Gasteiger charge is 2.11. The van der Waals surface area contributed by atoms with E-state index >= 15 is 0 Å². The maximum absolute atomic E-state index is 9.71. The quantitative estimate of drug-likeness (QED) is 0.675. The Morgan fingerprint density at radius 2 is 2.05 bits per heavy atom. The maximum Gasteiger partial charge on any atom is 0.138 e. The summed E-state index contributed by atoms with van der Waals surface area (Å²) in [6.45, 7) is 7.93. The Morgan fingerprint density at radius 3 is 2.68 bits per heavy atom. The van der Waals surface area contributed by atoms with E-state index in [4.69, 9.17) is 5.11 Å². The molecule has 1 heterocycles. The van der Waals surface area contributed by atoms with Gasteiger partial charge < -0.3 is 15.5 Å².